The number of rotatable bonds is 5. The molecule has 2 fully saturated rings. The molecule has 3 heterocycles. The summed E-state index contributed by atoms with van der Waals surface area (Å²) >= 11 is 0. The van der Waals surface area contributed by atoms with Gasteiger partial charge < -0.3 is 9.64 Å². The molecule has 150 valence electrons. The molecule has 0 radical (unpaired) electrons. The number of piperidine rings is 1. The Morgan fingerprint density at radius 3 is 2.82 bits per heavy atom. The number of fused-ring (bicyclic) bond motifs is 1. The predicted molar refractivity (Wildman–Crippen MR) is 103 cm³/mol. The van der Waals surface area contributed by atoms with Crippen LogP contribution in [-0.2, 0) is 20.9 Å². The lowest BCUT2D eigenvalue weighted by Crippen LogP contribution is -2.52. The highest BCUT2D eigenvalue weighted by Gasteiger charge is 2.39. The van der Waals surface area contributed by atoms with Gasteiger partial charge in [0.2, 0.25) is 11.8 Å². The zero-order valence-corrected chi connectivity index (χ0v) is 16.4. The van der Waals surface area contributed by atoms with Crippen molar-refractivity contribution >= 4 is 17.7 Å². The number of amides is 3. The second-order valence-corrected chi connectivity index (χ2v) is 8.14. The molecule has 1 N–H and O–H groups in total. The van der Waals surface area contributed by atoms with Crippen LogP contribution in [0.2, 0.25) is 0 Å². The van der Waals surface area contributed by atoms with Crippen molar-refractivity contribution in [2.45, 2.75) is 83.1 Å². The molecule has 3 aliphatic rings. The Labute approximate surface area is 165 Å². The van der Waals surface area contributed by atoms with Crippen molar-refractivity contribution in [2.75, 3.05) is 0 Å². The van der Waals surface area contributed by atoms with E-state index in [9.17, 15) is 14.4 Å². The van der Waals surface area contributed by atoms with Crippen LogP contribution in [0.3, 0.4) is 0 Å². The minimum absolute atomic E-state index is 0.0839. The van der Waals surface area contributed by atoms with Crippen molar-refractivity contribution < 1.29 is 19.1 Å². The van der Waals surface area contributed by atoms with Crippen LogP contribution in [-0.4, -0.2) is 34.8 Å². The maximum Gasteiger partial charge on any atom is 0.255 e. The number of ether oxygens (including phenoxy) is 1. The Hall–Kier alpha value is -2.21. The Bertz CT molecular complexity index is 791. The SMILES string of the molecule is CCCCC1CCCC(c2ccc3c(c2)CN(C2CCC(=O)NC2=O)C3=O)O1. The molecule has 6 nitrogen and oxygen atoms in total. The summed E-state index contributed by atoms with van der Waals surface area (Å²) in [6.45, 7) is 2.62. The fourth-order valence-corrected chi connectivity index (χ4v) is 4.58. The summed E-state index contributed by atoms with van der Waals surface area (Å²) in [6, 6.07) is 5.38. The van der Waals surface area contributed by atoms with Gasteiger partial charge in [-0.2, -0.15) is 0 Å². The summed E-state index contributed by atoms with van der Waals surface area (Å²) in [5.74, 6) is -0.756. The first kappa shape index (κ1) is 19.1. The summed E-state index contributed by atoms with van der Waals surface area (Å²) < 4.78 is 6.33. The van der Waals surface area contributed by atoms with E-state index in [1.165, 1.54) is 12.8 Å². The van der Waals surface area contributed by atoms with Crippen LogP contribution in [0.5, 0.6) is 0 Å². The van der Waals surface area contributed by atoms with Gasteiger partial charge in [0, 0.05) is 18.5 Å². The van der Waals surface area contributed by atoms with Gasteiger partial charge >= 0.3 is 0 Å². The van der Waals surface area contributed by atoms with E-state index in [2.05, 4.69) is 18.3 Å². The molecular weight excluding hydrogens is 356 g/mol. The highest BCUT2D eigenvalue weighted by Crippen LogP contribution is 2.36. The minimum atomic E-state index is -0.564. The predicted octanol–water partition coefficient (Wildman–Crippen LogP) is 3.25. The molecule has 2 saturated heterocycles. The van der Waals surface area contributed by atoms with E-state index in [4.69, 9.17) is 4.74 Å². The zero-order chi connectivity index (χ0) is 19.7. The normalized spacial score (nSPS) is 27.7. The van der Waals surface area contributed by atoms with Gasteiger partial charge in [-0.05, 0) is 49.3 Å². The van der Waals surface area contributed by atoms with Gasteiger partial charge in [0.15, 0.2) is 0 Å². The van der Waals surface area contributed by atoms with Crippen LogP contribution < -0.4 is 5.32 Å². The molecule has 0 bridgehead atoms. The highest BCUT2D eigenvalue weighted by molar-refractivity contribution is 6.05. The van der Waals surface area contributed by atoms with Crippen molar-refractivity contribution in [3.63, 3.8) is 0 Å². The lowest BCUT2D eigenvalue weighted by Gasteiger charge is -2.30. The highest BCUT2D eigenvalue weighted by atomic mass is 16.5. The average Bonchev–Trinajstić information content (AvgIpc) is 3.02. The smallest absolute Gasteiger partial charge is 0.255 e. The Morgan fingerprint density at radius 1 is 1.18 bits per heavy atom. The number of unbranched alkanes of at least 4 members (excludes halogenated alkanes) is 1. The average molecular weight is 384 g/mol. The molecule has 1 aromatic rings. The molecule has 4 rings (SSSR count). The molecule has 0 saturated carbocycles. The Morgan fingerprint density at radius 2 is 2.04 bits per heavy atom. The van der Waals surface area contributed by atoms with Crippen LogP contribution in [0.4, 0.5) is 0 Å². The summed E-state index contributed by atoms with van der Waals surface area (Å²) in [5, 5.41) is 2.35. The van der Waals surface area contributed by atoms with Crippen molar-refractivity contribution in [1.29, 1.82) is 0 Å². The van der Waals surface area contributed by atoms with Crippen molar-refractivity contribution in [2.24, 2.45) is 0 Å². The second-order valence-electron chi connectivity index (χ2n) is 8.14. The molecule has 6 heteroatoms. The number of benzene rings is 1. The third-order valence-corrected chi connectivity index (χ3v) is 6.15. The molecule has 0 aliphatic carbocycles. The van der Waals surface area contributed by atoms with Gasteiger partial charge in [0.1, 0.15) is 6.04 Å². The topological polar surface area (TPSA) is 75.7 Å². The third kappa shape index (κ3) is 3.70. The Kier molecular flexibility index (Phi) is 5.49. The van der Waals surface area contributed by atoms with Crippen LogP contribution in [0.25, 0.3) is 0 Å². The quantitative estimate of drug-likeness (QED) is 0.791. The van der Waals surface area contributed by atoms with E-state index in [0.29, 0.717) is 24.6 Å². The van der Waals surface area contributed by atoms with E-state index in [0.717, 1.165) is 36.8 Å². The van der Waals surface area contributed by atoms with E-state index in [-0.39, 0.29) is 30.2 Å². The molecule has 3 atom stereocenters. The van der Waals surface area contributed by atoms with E-state index in [1.807, 2.05) is 12.1 Å². The van der Waals surface area contributed by atoms with Gasteiger partial charge in [-0.15, -0.1) is 0 Å². The summed E-state index contributed by atoms with van der Waals surface area (Å²) in [6.07, 6.45) is 7.86. The summed E-state index contributed by atoms with van der Waals surface area (Å²) in [4.78, 5) is 38.0. The first-order valence-corrected chi connectivity index (χ1v) is 10.5. The van der Waals surface area contributed by atoms with Gasteiger partial charge in [0.25, 0.3) is 5.91 Å². The van der Waals surface area contributed by atoms with E-state index in [1.54, 1.807) is 4.90 Å². The first-order chi connectivity index (χ1) is 13.6. The zero-order valence-electron chi connectivity index (χ0n) is 16.4. The number of nitrogens with zero attached hydrogens (tertiary/aromatic N) is 1. The van der Waals surface area contributed by atoms with Crippen molar-refractivity contribution in [1.82, 2.24) is 10.2 Å². The number of carbonyl (C=O) groups is 3. The van der Waals surface area contributed by atoms with Crippen LogP contribution in [0.15, 0.2) is 18.2 Å². The van der Waals surface area contributed by atoms with Crippen LogP contribution >= 0.6 is 0 Å². The third-order valence-electron chi connectivity index (χ3n) is 6.15. The van der Waals surface area contributed by atoms with Gasteiger partial charge in [0.05, 0.1) is 12.2 Å². The van der Waals surface area contributed by atoms with E-state index < -0.39 is 6.04 Å². The monoisotopic (exact) mass is 384 g/mol. The summed E-state index contributed by atoms with van der Waals surface area (Å²) in [5.41, 5.74) is 2.73. The number of imide groups is 1. The molecule has 0 aromatic heterocycles. The van der Waals surface area contributed by atoms with Crippen LogP contribution in [0.1, 0.15) is 85.9 Å². The fourth-order valence-electron chi connectivity index (χ4n) is 4.58. The number of carbonyl (C=O) groups excluding carboxylic acids is 3. The van der Waals surface area contributed by atoms with E-state index >= 15 is 0 Å². The first-order valence-electron chi connectivity index (χ1n) is 10.5. The van der Waals surface area contributed by atoms with Crippen molar-refractivity contribution in [3.8, 4) is 0 Å². The largest absolute Gasteiger partial charge is 0.370 e. The maximum atomic E-state index is 12.8. The standard InChI is InChI=1S/C22H28N2O4/c1-2-3-5-16-6-4-7-19(28-16)14-8-9-17-15(12-14)13-24(22(17)27)18-10-11-20(25)23-21(18)26/h8-9,12,16,18-19H,2-7,10-11,13H2,1H3,(H,23,25,26). The number of nitrogens with one attached hydrogen (secondary N) is 1. The molecular formula is C22H28N2O4. The van der Waals surface area contributed by atoms with Crippen molar-refractivity contribution in [3.05, 3.63) is 34.9 Å². The molecule has 0 spiro atoms. The maximum absolute atomic E-state index is 12.8. The minimum Gasteiger partial charge on any atom is -0.370 e. The molecule has 1 aromatic carbocycles. The lowest BCUT2D eigenvalue weighted by atomic mass is 9.94. The lowest BCUT2D eigenvalue weighted by molar-refractivity contribution is -0.136. The van der Waals surface area contributed by atoms with Gasteiger partial charge in [-0.25, -0.2) is 0 Å². The van der Waals surface area contributed by atoms with Crippen LogP contribution in [0, 0.1) is 0 Å². The molecule has 3 unspecified atom stereocenters. The van der Waals surface area contributed by atoms with Gasteiger partial charge in [-0.3, -0.25) is 19.7 Å². The van der Waals surface area contributed by atoms with Gasteiger partial charge in [-0.1, -0.05) is 31.9 Å². The molecule has 3 aliphatic heterocycles. The summed E-state index contributed by atoms with van der Waals surface area (Å²) in [7, 11) is 0. The molecule has 28 heavy (non-hydrogen) atoms. The Balaban J connectivity index is 1.48. The fraction of sp³-hybridized carbons (Fsp3) is 0.591. The second kappa shape index (κ2) is 8.03. The number of hydrogen-bond acceptors (Lipinski definition) is 4. The molecule has 3 amide bonds. The number of hydrogen-bond donors (Lipinski definition) is 1.